The summed E-state index contributed by atoms with van der Waals surface area (Å²) in [7, 11) is 0. The molecule has 0 N–H and O–H groups in total. The average molecular weight is 256 g/mol. The summed E-state index contributed by atoms with van der Waals surface area (Å²) in [4.78, 5) is 0. The fourth-order valence-corrected chi connectivity index (χ4v) is 0.799. The first kappa shape index (κ1) is 7.71. The highest BCUT2D eigenvalue weighted by molar-refractivity contribution is 14.1. The van der Waals surface area contributed by atoms with Gasteiger partial charge in [0.15, 0.2) is 34.6 Å². The lowest BCUT2D eigenvalue weighted by Gasteiger charge is -1.95. The van der Waals surface area contributed by atoms with Crippen LogP contribution in [0.5, 0.6) is 5.75 Å². The van der Waals surface area contributed by atoms with Crippen molar-refractivity contribution in [1.29, 1.82) is 0 Å². The van der Waals surface area contributed by atoms with E-state index in [0.717, 1.165) is 12.1 Å². The molecule has 0 fully saturated rings. The first-order chi connectivity index (χ1) is 4.74. The average Bonchev–Trinajstić information content (AvgIpc) is 1.95. The maximum absolute atomic E-state index is 12.3. The second-order valence-corrected chi connectivity index (χ2v) is 2.09. The quantitative estimate of drug-likeness (QED) is 0.702. The highest BCUT2D eigenvalue weighted by Crippen LogP contribution is 2.16. The Kier molecular flexibility index (Phi) is 2.42. The standard InChI is InChI=1S/C6H3F2IO/c7-5-2-1-4(10-9)3-6(5)8/h1-3H. The molecule has 0 bridgehead atoms. The van der Waals surface area contributed by atoms with Crippen LogP contribution >= 0.6 is 23.0 Å². The van der Waals surface area contributed by atoms with Crippen LogP contribution in [0.3, 0.4) is 0 Å². The highest BCUT2D eigenvalue weighted by Gasteiger charge is 2.01. The molecule has 0 unspecified atom stereocenters. The molecule has 0 aromatic heterocycles. The van der Waals surface area contributed by atoms with Gasteiger partial charge < -0.3 is 3.07 Å². The minimum atomic E-state index is -0.894. The van der Waals surface area contributed by atoms with Crippen LogP contribution in [0.4, 0.5) is 8.78 Å². The fraction of sp³-hybridized carbons (Fsp3) is 0. The van der Waals surface area contributed by atoms with Gasteiger partial charge in [-0.25, -0.2) is 8.78 Å². The lowest BCUT2D eigenvalue weighted by atomic mass is 10.3. The predicted molar refractivity (Wildman–Crippen MR) is 41.0 cm³/mol. The lowest BCUT2D eigenvalue weighted by Crippen LogP contribution is -1.82. The van der Waals surface area contributed by atoms with E-state index < -0.39 is 11.6 Å². The predicted octanol–water partition coefficient (Wildman–Crippen LogP) is 2.69. The van der Waals surface area contributed by atoms with E-state index in [1.54, 1.807) is 23.0 Å². The van der Waals surface area contributed by atoms with Gasteiger partial charge in [0, 0.05) is 6.07 Å². The minimum absolute atomic E-state index is 0.305. The van der Waals surface area contributed by atoms with E-state index in [9.17, 15) is 8.78 Å². The van der Waals surface area contributed by atoms with E-state index in [-0.39, 0.29) is 0 Å². The van der Waals surface area contributed by atoms with Crippen LogP contribution in [0.25, 0.3) is 0 Å². The molecule has 10 heavy (non-hydrogen) atoms. The molecule has 0 spiro atoms. The SMILES string of the molecule is Fc1ccc(OI)cc1F. The summed E-state index contributed by atoms with van der Waals surface area (Å²) < 4.78 is 29.1. The van der Waals surface area contributed by atoms with Crippen molar-refractivity contribution in [3.63, 3.8) is 0 Å². The summed E-state index contributed by atoms with van der Waals surface area (Å²) >= 11 is 1.59. The molecular formula is C6H3F2IO. The fourth-order valence-electron chi connectivity index (χ4n) is 0.525. The van der Waals surface area contributed by atoms with Gasteiger partial charge >= 0.3 is 0 Å². The van der Waals surface area contributed by atoms with E-state index in [4.69, 9.17) is 0 Å². The van der Waals surface area contributed by atoms with Crippen LogP contribution in [0, 0.1) is 11.6 Å². The summed E-state index contributed by atoms with van der Waals surface area (Å²) in [6.07, 6.45) is 0. The Balaban J connectivity index is 3.04. The molecule has 1 rings (SSSR count). The largest absolute Gasteiger partial charge is 0.428 e. The molecule has 0 saturated heterocycles. The molecule has 0 radical (unpaired) electrons. The van der Waals surface area contributed by atoms with E-state index in [1.165, 1.54) is 6.07 Å². The topological polar surface area (TPSA) is 9.23 Å². The molecule has 4 heteroatoms. The summed E-state index contributed by atoms with van der Waals surface area (Å²) in [5, 5.41) is 0. The van der Waals surface area contributed by atoms with Crippen molar-refractivity contribution in [2.24, 2.45) is 0 Å². The molecule has 0 aliphatic carbocycles. The molecule has 0 heterocycles. The third kappa shape index (κ3) is 1.56. The van der Waals surface area contributed by atoms with Gasteiger partial charge in [-0.1, -0.05) is 0 Å². The molecule has 54 valence electrons. The smallest absolute Gasteiger partial charge is 0.192 e. The van der Waals surface area contributed by atoms with Gasteiger partial charge in [0.2, 0.25) is 0 Å². The minimum Gasteiger partial charge on any atom is -0.428 e. The van der Waals surface area contributed by atoms with E-state index >= 15 is 0 Å². The third-order valence-electron chi connectivity index (χ3n) is 0.980. The zero-order chi connectivity index (χ0) is 7.56. The van der Waals surface area contributed by atoms with Gasteiger partial charge in [0.05, 0.1) is 0 Å². The number of hydrogen-bond donors (Lipinski definition) is 0. The van der Waals surface area contributed by atoms with Crippen LogP contribution in [-0.4, -0.2) is 0 Å². The molecule has 0 amide bonds. The Bertz CT molecular complexity index is 239. The van der Waals surface area contributed by atoms with Crippen molar-refractivity contribution in [3.05, 3.63) is 29.8 Å². The number of halogens is 3. The Morgan fingerprint density at radius 1 is 1.20 bits per heavy atom. The van der Waals surface area contributed by atoms with Gasteiger partial charge in [-0.05, 0) is 12.1 Å². The van der Waals surface area contributed by atoms with Crippen molar-refractivity contribution in [3.8, 4) is 5.75 Å². The first-order valence-electron chi connectivity index (χ1n) is 2.47. The van der Waals surface area contributed by atoms with Crippen LogP contribution in [0.1, 0.15) is 0 Å². The molecule has 0 aliphatic heterocycles. The monoisotopic (exact) mass is 256 g/mol. The van der Waals surface area contributed by atoms with Crippen molar-refractivity contribution in [1.82, 2.24) is 0 Å². The van der Waals surface area contributed by atoms with Crippen LogP contribution in [0.15, 0.2) is 18.2 Å². The maximum atomic E-state index is 12.3. The molecular weight excluding hydrogens is 253 g/mol. The molecule has 0 aliphatic rings. The Hall–Kier alpha value is -0.390. The van der Waals surface area contributed by atoms with Gasteiger partial charge in [-0.3, -0.25) is 0 Å². The van der Waals surface area contributed by atoms with Gasteiger partial charge in [-0.2, -0.15) is 0 Å². The molecule has 1 nitrogen and oxygen atoms in total. The number of rotatable bonds is 1. The summed E-state index contributed by atoms with van der Waals surface area (Å²) in [5.74, 6) is -1.45. The van der Waals surface area contributed by atoms with Gasteiger partial charge in [0.25, 0.3) is 0 Å². The maximum Gasteiger partial charge on any atom is 0.192 e. The second kappa shape index (κ2) is 3.14. The zero-order valence-electron chi connectivity index (χ0n) is 4.77. The number of hydrogen-bond acceptors (Lipinski definition) is 1. The Morgan fingerprint density at radius 2 is 1.90 bits per heavy atom. The van der Waals surface area contributed by atoms with E-state index in [1.807, 2.05) is 0 Å². The van der Waals surface area contributed by atoms with E-state index in [0.29, 0.717) is 5.75 Å². The summed E-state index contributed by atoms with van der Waals surface area (Å²) in [5.41, 5.74) is 0. The second-order valence-electron chi connectivity index (χ2n) is 1.65. The van der Waals surface area contributed by atoms with Gasteiger partial charge in [0.1, 0.15) is 5.75 Å². The van der Waals surface area contributed by atoms with Gasteiger partial charge in [-0.15, -0.1) is 0 Å². The normalized spacial score (nSPS) is 9.50. The first-order valence-corrected chi connectivity index (χ1v) is 3.36. The van der Waals surface area contributed by atoms with Crippen LogP contribution < -0.4 is 3.07 Å². The summed E-state index contributed by atoms with van der Waals surface area (Å²) in [6.45, 7) is 0. The van der Waals surface area contributed by atoms with E-state index in [2.05, 4.69) is 3.07 Å². The van der Waals surface area contributed by atoms with Crippen molar-refractivity contribution < 1.29 is 11.8 Å². The Labute approximate surface area is 70.7 Å². The summed E-state index contributed by atoms with van der Waals surface area (Å²) in [6, 6.07) is 3.36. The highest BCUT2D eigenvalue weighted by atomic mass is 127. The number of benzene rings is 1. The van der Waals surface area contributed by atoms with Crippen molar-refractivity contribution in [2.45, 2.75) is 0 Å². The lowest BCUT2D eigenvalue weighted by molar-refractivity contribution is 0.504. The molecule has 1 aromatic rings. The van der Waals surface area contributed by atoms with Crippen LogP contribution in [-0.2, 0) is 0 Å². The molecule has 0 atom stereocenters. The van der Waals surface area contributed by atoms with Crippen molar-refractivity contribution in [2.75, 3.05) is 0 Å². The Morgan fingerprint density at radius 3 is 2.40 bits per heavy atom. The third-order valence-corrected chi connectivity index (χ3v) is 1.49. The zero-order valence-corrected chi connectivity index (χ0v) is 6.93. The molecule has 0 saturated carbocycles. The molecule has 1 aromatic carbocycles. The van der Waals surface area contributed by atoms with Crippen LogP contribution in [0.2, 0.25) is 0 Å². The van der Waals surface area contributed by atoms with Crippen molar-refractivity contribution >= 4 is 23.0 Å².